The Labute approximate surface area is 242 Å². The molecule has 0 spiro atoms. The lowest BCUT2D eigenvalue weighted by Crippen LogP contribution is -2.38. The van der Waals surface area contributed by atoms with Gasteiger partial charge in [-0.1, -0.05) is 117 Å². The van der Waals surface area contributed by atoms with Crippen LogP contribution in [0.4, 0.5) is 0 Å². The summed E-state index contributed by atoms with van der Waals surface area (Å²) in [6.45, 7) is 13.6. The van der Waals surface area contributed by atoms with Crippen molar-refractivity contribution >= 4 is 0 Å². The quantitative estimate of drug-likeness (QED) is 0.163. The van der Waals surface area contributed by atoms with Gasteiger partial charge in [0.2, 0.25) is 6.29 Å². The summed E-state index contributed by atoms with van der Waals surface area (Å²) in [6.07, 6.45) is 27.2. The fourth-order valence-corrected chi connectivity index (χ4v) is 6.71. The van der Waals surface area contributed by atoms with E-state index in [0.29, 0.717) is 0 Å². The highest BCUT2D eigenvalue weighted by Crippen LogP contribution is 2.51. The predicted octanol–water partition coefficient (Wildman–Crippen LogP) is 11.6. The molecule has 3 rings (SSSR count). The maximum absolute atomic E-state index is 6.90. The van der Waals surface area contributed by atoms with Crippen molar-refractivity contribution in [3.63, 3.8) is 0 Å². The van der Waals surface area contributed by atoms with E-state index in [1.807, 2.05) is 0 Å². The first-order valence-corrected chi connectivity index (χ1v) is 17.1. The average Bonchev–Trinajstić information content (AvgIpc) is 2.92. The first kappa shape index (κ1) is 32.3. The molecule has 0 saturated heterocycles. The van der Waals surface area contributed by atoms with Gasteiger partial charge in [0.25, 0.3) is 0 Å². The van der Waals surface area contributed by atoms with Crippen molar-refractivity contribution in [2.75, 3.05) is 0 Å². The normalized spacial score (nSPS) is 22.2. The van der Waals surface area contributed by atoms with Gasteiger partial charge in [0.05, 0.1) is 6.10 Å². The van der Waals surface area contributed by atoms with E-state index in [-0.39, 0.29) is 18.0 Å². The zero-order valence-electron chi connectivity index (χ0n) is 26.7. The summed E-state index contributed by atoms with van der Waals surface area (Å²) in [5.74, 6) is 2.22. The first-order chi connectivity index (χ1) is 18.9. The first-order valence-electron chi connectivity index (χ1n) is 17.1. The molecule has 0 fully saturated rings. The number of ether oxygens (including phenoxy) is 3. The van der Waals surface area contributed by atoms with Crippen molar-refractivity contribution in [1.29, 1.82) is 0 Å². The number of hydrogen-bond donors (Lipinski definition) is 0. The molecule has 0 aliphatic carbocycles. The summed E-state index contributed by atoms with van der Waals surface area (Å²) in [5.41, 5.74) is 5.11. The molecule has 2 aliphatic heterocycles. The Morgan fingerprint density at radius 2 is 1.21 bits per heavy atom. The lowest BCUT2D eigenvalue weighted by molar-refractivity contribution is -0.147. The molecule has 0 radical (unpaired) electrons. The molecule has 3 atom stereocenters. The van der Waals surface area contributed by atoms with E-state index in [2.05, 4.69) is 41.5 Å². The van der Waals surface area contributed by atoms with Crippen molar-refractivity contribution in [3.8, 4) is 11.5 Å². The second kappa shape index (κ2) is 16.9. The molecule has 0 amide bonds. The van der Waals surface area contributed by atoms with Crippen molar-refractivity contribution in [2.24, 2.45) is 0 Å². The zero-order valence-corrected chi connectivity index (χ0v) is 26.7. The van der Waals surface area contributed by atoms with Gasteiger partial charge >= 0.3 is 0 Å². The highest BCUT2D eigenvalue weighted by molar-refractivity contribution is 5.60. The summed E-state index contributed by atoms with van der Waals surface area (Å²) in [5, 5.41) is 0. The van der Waals surface area contributed by atoms with Crippen molar-refractivity contribution in [2.45, 2.75) is 194 Å². The van der Waals surface area contributed by atoms with Gasteiger partial charge in [0, 0.05) is 17.5 Å². The smallest absolute Gasteiger partial charge is 0.200 e. The molecule has 3 nitrogen and oxygen atoms in total. The van der Waals surface area contributed by atoms with Crippen LogP contribution in [0.5, 0.6) is 11.5 Å². The van der Waals surface area contributed by atoms with Gasteiger partial charge in [-0.2, -0.15) is 0 Å². The van der Waals surface area contributed by atoms with Gasteiger partial charge in [-0.3, -0.25) is 0 Å². The summed E-state index contributed by atoms with van der Waals surface area (Å²) < 4.78 is 19.8. The molecule has 1 unspecified atom stereocenters. The Balaban J connectivity index is 1.44. The topological polar surface area (TPSA) is 27.7 Å². The third-order valence-electron chi connectivity index (χ3n) is 9.36. The largest absolute Gasteiger partial charge is 0.487 e. The highest BCUT2D eigenvalue weighted by Gasteiger charge is 2.39. The van der Waals surface area contributed by atoms with E-state index in [9.17, 15) is 0 Å². The minimum absolute atomic E-state index is 0.0586. The zero-order chi connectivity index (χ0) is 28.1. The maximum atomic E-state index is 6.90. The lowest BCUT2D eigenvalue weighted by Gasteiger charge is -2.42. The molecule has 2 heterocycles. The van der Waals surface area contributed by atoms with E-state index in [1.165, 1.54) is 112 Å². The van der Waals surface area contributed by atoms with Gasteiger partial charge in [0.1, 0.15) is 17.1 Å². The van der Waals surface area contributed by atoms with Crippen LogP contribution >= 0.6 is 0 Å². The Morgan fingerprint density at radius 3 is 1.77 bits per heavy atom. The van der Waals surface area contributed by atoms with Crippen molar-refractivity contribution < 1.29 is 14.2 Å². The summed E-state index contributed by atoms with van der Waals surface area (Å²) in [7, 11) is 0. The number of hydrogen-bond acceptors (Lipinski definition) is 3. The standard InChI is InChI=1S/C36H62O3/c1-7-10-11-12-13-14-15-16-17-18-19-20-21-22-26-36(6)27-25-30-33-31(23-8-2)37-32(24-9-3)38-35(33)29(5)28(4)34(30)39-36/h31-32H,7-27H2,1-6H3/t31-,32+,36?/m1/s1. The van der Waals surface area contributed by atoms with Crippen LogP contribution in [-0.4, -0.2) is 11.9 Å². The van der Waals surface area contributed by atoms with Gasteiger partial charge in [0.15, 0.2) is 0 Å². The summed E-state index contributed by atoms with van der Waals surface area (Å²) in [6, 6.07) is 0. The monoisotopic (exact) mass is 542 g/mol. The van der Waals surface area contributed by atoms with E-state index in [4.69, 9.17) is 14.2 Å². The molecule has 39 heavy (non-hydrogen) atoms. The molecule has 2 aliphatic rings. The third kappa shape index (κ3) is 9.40. The Kier molecular flexibility index (Phi) is 14.0. The van der Waals surface area contributed by atoms with Crippen molar-refractivity contribution in [1.82, 2.24) is 0 Å². The molecular formula is C36H62O3. The molecular weight excluding hydrogens is 480 g/mol. The number of fused-ring (bicyclic) bond motifs is 3. The minimum atomic E-state index is -0.120. The van der Waals surface area contributed by atoms with Crippen LogP contribution in [-0.2, 0) is 11.2 Å². The van der Waals surface area contributed by atoms with Gasteiger partial charge < -0.3 is 14.2 Å². The Morgan fingerprint density at radius 1 is 0.667 bits per heavy atom. The predicted molar refractivity (Wildman–Crippen MR) is 166 cm³/mol. The van der Waals surface area contributed by atoms with Crippen LogP contribution in [0.1, 0.15) is 184 Å². The van der Waals surface area contributed by atoms with E-state index >= 15 is 0 Å². The molecule has 3 heteroatoms. The molecule has 0 saturated carbocycles. The Bertz CT molecular complexity index is 846. The Hall–Kier alpha value is -1.22. The van der Waals surface area contributed by atoms with Crippen LogP contribution in [0.3, 0.4) is 0 Å². The molecule has 0 aromatic heterocycles. The van der Waals surface area contributed by atoms with Gasteiger partial charge in [-0.15, -0.1) is 0 Å². The molecule has 1 aromatic carbocycles. The van der Waals surface area contributed by atoms with E-state index in [0.717, 1.165) is 56.4 Å². The SMILES string of the molecule is CCCCCCCCCCCCCCCCC1(C)CCc2c(c(C)c(C)c3c2[C@@H](CCC)O[C@H](CCC)O3)O1. The molecule has 0 N–H and O–H groups in total. The van der Waals surface area contributed by atoms with Crippen molar-refractivity contribution in [3.05, 3.63) is 22.3 Å². The second-order valence-electron chi connectivity index (χ2n) is 12.9. The summed E-state index contributed by atoms with van der Waals surface area (Å²) >= 11 is 0. The van der Waals surface area contributed by atoms with E-state index in [1.54, 1.807) is 0 Å². The summed E-state index contributed by atoms with van der Waals surface area (Å²) in [4.78, 5) is 0. The molecule has 224 valence electrons. The van der Waals surface area contributed by atoms with Gasteiger partial charge in [-0.25, -0.2) is 0 Å². The fourth-order valence-electron chi connectivity index (χ4n) is 6.71. The number of rotatable bonds is 19. The highest BCUT2D eigenvalue weighted by atomic mass is 16.7. The minimum Gasteiger partial charge on any atom is -0.487 e. The lowest BCUT2D eigenvalue weighted by atomic mass is 9.82. The molecule has 0 bridgehead atoms. The number of benzene rings is 1. The van der Waals surface area contributed by atoms with E-state index < -0.39 is 0 Å². The second-order valence-corrected chi connectivity index (χ2v) is 12.9. The fraction of sp³-hybridized carbons (Fsp3) is 0.833. The van der Waals surface area contributed by atoms with Crippen LogP contribution in [0.2, 0.25) is 0 Å². The maximum Gasteiger partial charge on any atom is 0.200 e. The third-order valence-corrected chi connectivity index (χ3v) is 9.36. The average molecular weight is 543 g/mol. The van der Waals surface area contributed by atoms with Gasteiger partial charge in [-0.05, 0) is 64.0 Å². The van der Waals surface area contributed by atoms with Crippen LogP contribution < -0.4 is 9.47 Å². The molecule has 1 aromatic rings. The van der Waals surface area contributed by atoms with Crippen LogP contribution in [0.15, 0.2) is 0 Å². The van der Waals surface area contributed by atoms with Crippen LogP contribution in [0.25, 0.3) is 0 Å². The van der Waals surface area contributed by atoms with Crippen LogP contribution in [0, 0.1) is 13.8 Å². The number of unbranched alkanes of at least 4 members (excludes halogenated alkanes) is 13.